The van der Waals surface area contributed by atoms with E-state index < -0.39 is 12.1 Å². The number of carbonyl (C=O) groups excluding carboxylic acids is 2. The number of hydrogen-bond donors (Lipinski definition) is 0. The molecule has 0 radical (unpaired) electrons. The first kappa shape index (κ1) is 18.5. The molecule has 0 aromatic heterocycles. The summed E-state index contributed by atoms with van der Waals surface area (Å²) in [4.78, 5) is 24.2. The molecule has 2 aromatic carbocycles. The van der Waals surface area contributed by atoms with Crippen molar-refractivity contribution in [2.75, 3.05) is 14.2 Å². The fraction of sp³-hybridized carbons (Fsp3) is 0.238. The fourth-order valence-electron chi connectivity index (χ4n) is 2.75. The van der Waals surface area contributed by atoms with E-state index in [4.69, 9.17) is 14.2 Å². The summed E-state index contributed by atoms with van der Waals surface area (Å²) in [6.07, 6.45) is 0.914. The number of ether oxygens (including phenoxy) is 4. The molecule has 0 unspecified atom stereocenters. The molecule has 0 bridgehead atoms. The predicted molar refractivity (Wildman–Crippen MR) is 99.2 cm³/mol. The normalized spacial score (nSPS) is 15.1. The number of hydrogen-bond acceptors (Lipinski definition) is 6. The minimum Gasteiger partial charge on any atom is -0.497 e. The molecule has 6 nitrogen and oxygen atoms in total. The lowest BCUT2D eigenvalue weighted by Crippen LogP contribution is -2.25. The zero-order chi connectivity index (χ0) is 19.6. The minimum atomic E-state index is -0.766. The lowest BCUT2D eigenvalue weighted by atomic mass is 10.1. The fourth-order valence-corrected chi connectivity index (χ4v) is 2.75. The minimum absolute atomic E-state index is 0.198. The maximum absolute atomic E-state index is 12.6. The van der Waals surface area contributed by atoms with Crippen LogP contribution in [-0.4, -0.2) is 32.1 Å². The second-order valence-corrected chi connectivity index (χ2v) is 6.06. The molecule has 0 amide bonds. The van der Waals surface area contributed by atoms with Crippen LogP contribution < -0.4 is 14.2 Å². The SMILES string of the molecule is COC(=O)[C@@H](C)Oc1ccc2c(c1C)O/C(=C\c1ccc(OC)cc1)C2=O. The summed E-state index contributed by atoms with van der Waals surface area (Å²) in [5.74, 6) is 1.19. The van der Waals surface area contributed by atoms with Crippen molar-refractivity contribution in [2.24, 2.45) is 0 Å². The topological polar surface area (TPSA) is 71.1 Å². The molecule has 1 atom stereocenters. The van der Waals surface area contributed by atoms with Crippen LogP contribution in [0, 0.1) is 6.92 Å². The maximum atomic E-state index is 12.6. The lowest BCUT2D eigenvalue weighted by Gasteiger charge is -2.15. The summed E-state index contributed by atoms with van der Waals surface area (Å²) in [7, 11) is 2.90. The third-order valence-corrected chi connectivity index (χ3v) is 4.29. The van der Waals surface area contributed by atoms with Crippen molar-refractivity contribution in [1.29, 1.82) is 0 Å². The van der Waals surface area contributed by atoms with E-state index in [1.807, 2.05) is 24.3 Å². The number of ketones is 1. The van der Waals surface area contributed by atoms with Crippen molar-refractivity contribution < 1.29 is 28.5 Å². The second kappa shape index (κ2) is 7.53. The number of carbonyl (C=O) groups is 2. The highest BCUT2D eigenvalue weighted by atomic mass is 16.6. The van der Waals surface area contributed by atoms with Gasteiger partial charge in [-0.15, -0.1) is 0 Å². The largest absolute Gasteiger partial charge is 0.497 e. The molecule has 27 heavy (non-hydrogen) atoms. The highest BCUT2D eigenvalue weighted by Gasteiger charge is 2.30. The zero-order valence-corrected chi connectivity index (χ0v) is 15.6. The van der Waals surface area contributed by atoms with Crippen LogP contribution >= 0.6 is 0 Å². The Morgan fingerprint density at radius 2 is 1.81 bits per heavy atom. The van der Waals surface area contributed by atoms with Gasteiger partial charge in [-0.05, 0) is 49.8 Å². The number of fused-ring (bicyclic) bond motifs is 1. The molecule has 0 N–H and O–H groups in total. The summed E-state index contributed by atoms with van der Waals surface area (Å²) in [5.41, 5.74) is 1.93. The van der Waals surface area contributed by atoms with E-state index in [9.17, 15) is 9.59 Å². The zero-order valence-electron chi connectivity index (χ0n) is 15.6. The summed E-state index contributed by atoms with van der Waals surface area (Å²) in [6, 6.07) is 10.6. The molecule has 6 heteroatoms. The molecule has 140 valence electrons. The van der Waals surface area contributed by atoms with Crippen LogP contribution in [0.4, 0.5) is 0 Å². The van der Waals surface area contributed by atoms with E-state index >= 15 is 0 Å². The van der Waals surface area contributed by atoms with Crippen LogP contribution in [0.2, 0.25) is 0 Å². The molecule has 0 saturated heterocycles. The van der Waals surface area contributed by atoms with Gasteiger partial charge >= 0.3 is 5.97 Å². The van der Waals surface area contributed by atoms with Gasteiger partial charge in [0.25, 0.3) is 0 Å². The molecule has 3 rings (SSSR count). The quantitative estimate of drug-likeness (QED) is 0.594. The van der Waals surface area contributed by atoms with Gasteiger partial charge in [-0.25, -0.2) is 4.79 Å². The molecule has 0 fully saturated rings. The summed E-state index contributed by atoms with van der Waals surface area (Å²) >= 11 is 0. The van der Waals surface area contributed by atoms with Crippen molar-refractivity contribution >= 4 is 17.8 Å². The highest BCUT2D eigenvalue weighted by molar-refractivity contribution is 6.15. The molecule has 0 spiro atoms. The van der Waals surface area contributed by atoms with Crippen LogP contribution in [0.5, 0.6) is 17.2 Å². The Hall–Kier alpha value is -3.28. The molecule has 1 heterocycles. The van der Waals surface area contributed by atoms with Gasteiger partial charge in [-0.1, -0.05) is 12.1 Å². The van der Waals surface area contributed by atoms with Crippen molar-refractivity contribution in [3.63, 3.8) is 0 Å². The van der Waals surface area contributed by atoms with E-state index in [-0.39, 0.29) is 11.5 Å². The summed E-state index contributed by atoms with van der Waals surface area (Å²) in [5, 5.41) is 0. The Morgan fingerprint density at radius 1 is 1.11 bits per heavy atom. The number of benzene rings is 2. The van der Waals surface area contributed by atoms with Crippen molar-refractivity contribution in [2.45, 2.75) is 20.0 Å². The first-order valence-electron chi connectivity index (χ1n) is 8.41. The van der Waals surface area contributed by atoms with Crippen LogP contribution in [-0.2, 0) is 9.53 Å². The Labute approximate surface area is 157 Å². The molecule has 2 aromatic rings. The number of allylic oxidation sites excluding steroid dienone is 1. The van der Waals surface area contributed by atoms with Gasteiger partial charge in [0, 0.05) is 5.56 Å². The first-order valence-corrected chi connectivity index (χ1v) is 8.41. The number of methoxy groups -OCH3 is 2. The smallest absolute Gasteiger partial charge is 0.346 e. The Balaban J connectivity index is 1.87. The predicted octanol–water partition coefficient (Wildman–Crippen LogP) is 3.56. The summed E-state index contributed by atoms with van der Waals surface area (Å²) < 4.78 is 21.2. The van der Waals surface area contributed by atoms with Crippen molar-refractivity contribution in [3.8, 4) is 17.2 Å². The standard InChI is InChI=1S/C21H20O6/c1-12-17(26-13(2)21(23)25-4)10-9-16-19(22)18(27-20(12)16)11-14-5-7-15(24-3)8-6-14/h5-11,13H,1-4H3/b18-11-/t13-/m1/s1. The molecular formula is C21H20O6. The molecular weight excluding hydrogens is 348 g/mol. The highest BCUT2D eigenvalue weighted by Crippen LogP contribution is 2.39. The van der Waals surface area contributed by atoms with Gasteiger partial charge in [0.15, 0.2) is 11.9 Å². The van der Waals surface area contributed by atoms with Crippen LogP contribution in [0.15, 0.2) is 42.2 Å². The molecule has 1 aliphatic heterocycles. The molecule has 1 aliphatic rings. The van der Waals surface area contributed by atoms with Crippen molar-refractivity contribution in [3.05, 3.63) is 58.8 Å². The molecule has 0 saturated carbocycles. The Kier molecular flexibility index (Phi) is 5.16. The average molecular weight is 368 g/mol. The van der Waals surface area contributed by atoms with Gasteiger partial charge in [0.05, 0.1) is 19.8 Å². The third-order valence-electron chi connectivity index (χ3n) is 4.29. The Bertz CT molecular complexity index is 911. The van der Waals surface area contributed by atoms with Crippen molar-refractivity contribution in [1.82, 2.24) is 0 Å². The number of esters is 1. The van der Waals surface area contributed by atoms with Gasteiger partial charge in [0.2, 0.25) is 5.78 Å². The van der Waals surface area contributed by atoms with Gasteiger partial charge < -0.3 is 18.9 Å². The average Bonchev–Trinajstić information content (AvgIpc) is 3.00. The second-order valence-electron chi connectivity index (χ2n) is 6.06. The first-order chi connectivity index (χ1) is 12.9. The third kappa shape index (κ3) is 3.65. The van der Waals surface area contributed by atoms with Gasteiger partial charge in [-0.2, -0.15) is 0 Å². The van der Waals surface area contributed by atoms with E-state index in [0.29, 0.717) is 22.6 Å². The summed E-state index contributed by atoms with van der Waals surface area (Å²) in [6.45, 7) is 3.38. The van der Waals surface area contributed by atoms with E-state index in [1.54, 1.807) is 39.2 Å². The molecule has 0 aliphatic carbocycles. The van der Waals surface area contributed by atoms with E-state index in [0.717, 1.165) is 11.3 Å². The van der Waals surface area contributed by atoms with Crippen LogP contribution in [0.1, 0.15) is 28.4 Å². The number of rotatable bonds is 5. The Morgan fingerprint density at radius 3 is 2.44 bits per heavy atom. The van der Waals surface area contributed by atoms with Crippen LogP contribution in [0.25, 0.3) is 6.08 Å². The van der Waals surface area contributed by atoms with E-state index in [1.165, 1.54) is 7.11 Å². The monoisotopic (exact) mass is 368 g/mol. The maximum Gasteiger partial charge on any atom is 0.346 e. The van der Waals surface area contributed by atoms with Crippen LogP contribution in [0.3, 0.4) is 0 Å². The number of Topliss-reactive ketones (excluding diaryl/α,β-unsaturated/α-hetero) is 1. The van der Waals surface area contributed by atoms with E-state index in [2.05, 4.69) is 4.74 Å². The lowest BCUT2D eigenvalue weighted by molar-refractivity contribution is -0.147. The van der Waals surface area contributed by atoms with Gasteiger partial charge in [0.1, 0.15) is 17.2 Å². The van der Waals surface area contributed by atoms with Gasteiger partial charge in [-0.3, -0.25) is 4.79 Å².